The van der Waals surface area contributed by atoms with Crippen LogP contribution in [0.2, 0.25) is 0 Å². The molecule has 0 aliphatic heterocycles. The second-order valence-electron chi connectivity index (χ2n) is 4.98. The van der Waals surface area contributed by atoms with E-state index in [-0.39, 0.29) is 16.5 Å². The van der Waals surface area contributed by atoms with Crippen molar-refractivity contribution in [2.24, 2.45) is 0 Å². The van der Waals surface area contributed by atoms with E-state index in [1.54, 1.807) is 49.6 Å². The maximum absolute atomic E-state index is 9.38. The van der Waals surface area contributed by atoms with Crippen LogP contribution in [-0.4, -0.2) is 19.9 Å². The summed E-state index contributed by atoms with van der Waals surface area (Å²) in [7, 11) is 0. The molecule has 0 unspecified atom stereocenters. The van der Waals surface area contributed by atoms with E-state index in [2.05, 4.69) is 22.8 Å². The maximum atomic E-state index is 9.38. The molecule has 184 valence electrons. The summed E-state index contributed by atoms with van der Waals surface area (Å²) in [5.41, 5.74) is 0. The predicted molar refractivity (Wildman–Crippen MR) is 101 cm³/mol. The van der Waals surface area contributed by atoms with Gasteiger partial charge in [0.2, 0.25) is 0 Å². The van der Waals surface area contributed by atoms with E-state index in [1.165, 1.54) is 0 Å². The minimum Gasteiger partial charge on any atom is -0.265 e. The third-order valence-electron chi connectivity index (χ3n) is 2.43. The van der Waals surface area contributed by atoms with Gasteiger partial charge in [-0.1, -0.05) is 24.3 Å². The van der Waals surface area contributed by atoms with Crippen LogP contribution < -0.4 is 8.32 Å². The Morgan fingerprint density at radius 1 is 0.412 bits per heavy atom. The van der Waals surface area contributed by atoms with Crippen molar-refractivity contribution in [2.75, 3.05) is 0 Å². The minimum absolute atomic E-state index is 0. The van der Waals surface area contributed by atoms with Gasteiger partial charge in [-0.05, 0) is 48.5 Å². The molecule has 34 heavy (non-hydrogen) atoms. The molecule has 0 aliphatic rings. The van der Waals surface area contributed by atoms with E-state index in [0.717, 1.165) is 0 Å². The fourth-order valence-electron chi connectivity index (χ4n) is 1.35. The molecule has 0 atom stereocenters. The van der Waals surface area contributed by atoms with Gasteiger partial charge in [0.15, 0.2) is 0 Å². The molecule has 0 aromatic carbocycles. The molecule has 0 aliphatic carbocycles. The third kappa shape index (κ3) is 31.4. The van der Waals surface area contributed by atoms with E-state index >= 15 is 0 Å². The van der Waals surface area contributed by atoms with Crippen molar-refractivity contribution >= 4 is 0 Å². The molecule has 11 nitrogen and oxygen atoms in total. The molecule has 14 heteroatoms. The predicted octanol–water partition coefficient (Wildman–Crippen LogP) is 1.40. The van der Waals surface area contributed by atoms with Crippen molar-refractivity contribution in [1.82, 2.24) is 19.9 Å². The summed E-state index contributed by atoms with van der Waals surface area (Å²) in [6, 6.07) is 22.9. The Balaban J connectivity index is 0. The third-order valence-corrected chi connectivity index (χ3v) is 5.10. The topological polar surface area (TPSA) is 175 Å². The van der Waals surface area contributed by atoms with Crippen LogP contribution in [0.5, 0.6) is 0 Å². The van der Waals surface area contributed by atoms with Crippen LogP contribution in [0.1, 0.15) is 0 Å². The molecular weight excluding hydrogens is 571 g/mol. The number of aromatic nitrogens is 4. The van der Waals surface area contributed by atoms with Crippen LogP contribution in [0.15, 0.2) is 122 Å². The van der Waals surface area contributed by atoms with Gasteiger partial charge in [0.05, 0.1) is 0 Å². The number of hydrogen-bond acceptors (Lipinski definition) is 11. The van der Waals surface area contributed by atoms with Gasteiger partial charge in [-0.25, -0.2) is 0 Å². The summed E-state index contributed by atoms with van der Waals surface area (Å²) >= 11 is -12.1. The summed E-state index contributed by atoms with van der Waals surface area (Å²) in [6.45, 7) is 0. The van der Waals surface area contributed by atoms with Crippen molar-refractivity contribution in [3.8, 4) is 0 Å². The Morgan fingerprint density at radius 3 is 0.618 bits per heavy atom. The van der Waals surface area contributed by atoms with Crippen LogP contribution in [0.3, 0.4) is 0 Å². The molecule has 0 spiro atoms. The second kappa shape index (κ2) is 22.1. The minimum atomic E-state index is -6.07. The first-order chi connectivity index (χ1) is 15.7. The number of hydrogen-bond donors (Lipinski definition) is 0. The Bertz CT molecular complexity index is 868. The van der Waals surface area contributed by atoms with E-state index < -0.39 is 27.2 Å². The Hall–Kier alpha value is -2.76. The maximum Gasteiger partial charge on any atom is 0.0267 e. The van der Waals surface area contributed by atoms with Crippen molar-refractivity contribution in [3.05, 3.63) is 122 Å². The quantitative estimate of drug-likeness (QED) is 0.308. The van der Waals surface area contributed by atoms with Crippen LogP contribution in [0.25, 0.3) is 0 Å². The molecule has 0 saturated carbocycles. The largest absolute Gasteiger partial charge is 0.265 e. The zero-order chi connectivity index (χ0) is 24.7. The summed E-state index contributed by atoms with van der Waals surface area (Å²) in [4.78, 5) is 15.1. The van der Waals surface area contributed by atoms with E-state index in [1.807, 2.05) is 72.8 Å². The standard InChI is InChI=1S/4C5H5N.2Cr.Ni.7O/c4*1-2-4-6-5-3-1;;;;;;;;;;/h4*1-5H;;;;;;;;;;/q;;;;;;+2;;;;;;2*-1. The average Bonchev–Trinajstić information content (AvgIpc) is 2.83. The van der Waals surface area contributed by atoms with Gasteiger partial charge < -0.3 is 0 Å². The van der Waals surface area contributed by atoms with Crippen LogP contribution in [0, 0.1) is 0 Å². The van der Waals surface area contributed by atoms with E-state index in [0.29, 0.717) is 0 Å². The Kier molecular flexibility index (Phi) is 21.7. The summed E-state index contributed by atoms with van der Waals surface area (Å²) in [6.07, 6.45) is 14.0. The molecule has 0 fully saturated rings. The van der Waals surface area contributed by atoms with Gasteiger partial charge in [0, 0.05) is 49.6 Å². The van der Waals surface area contributed by atoms with E-state index in [9.17, 15) is 23.5 Å². The summed E-state index contributed by atoms with van der Waals surface area (Å²) in [5.74, 6) is 0. The number of nitrogens with zero attached hydrogens (tertiary/aromatic N) is 4. The zero-order valence-electron chi connectivity index (χ0n) is 17.3. The Labute approximate surface area is 211 Å². The normalized spacial score (nSPS) is 9.24. The molecular formula is C20H20Cr2N4NiO7. The first-order valence-electron chi connectivity index (χ1n) is 8.73. The molecule has 4 aromatic heterocycles. The van der Waals surface area contributed by atoms with Crippen molar-refractivity contribution in [3.63, 3.8) is 0 Å². The zero-order valence-corrected chi connectivity index (χ0v) is 20.9. The monoisotopic (exact) mass is 590 g/mol. The van der Waals surface area contributed by atoms with Crippen LogP contribution >= 0.6 is 0 Å². The first kappa shape index (κ1) is 33.4. The van der Waals surface area contributed by atoms with Gasteiger partial charge in [0.25, 0.3) is 0 Å². The molecule has 4 rings (SSSR count). The van der Waals surface area contributed by atoms with Crippen LogP contribution in [-0.2, 0) is 61.8 Å². The van der Waals surface area contributed by atoms with Gasteiger partial charge in [-0.2, -0.15) is 0 Å². The summed E-state index contributed by atoms with van der Waals surface area (Å²) < 4.78 is 58.9. The molecule has 0 radical (unpaired) electrons. The molecule has 0 N–H and O–H groups in total. The second-order valence-corrected chi connectivity index (χ2v) is 8.62. The van der Waals surface area contributed by atoms with Gasteiger partial charge in [-0.15, -0.1) is 0 Å². The van der Waals surface area contributed by atoms with Gasteiger partial charge in [0.1, 0.15) is 0 Å². The number of pyridine rings is 4. The first-order valence-corrected chi connectivity index (χ1v) is 12.9. The molecule has 0 bridgehead atoms. The van der Waals surface area contributed by atoms with Crippen molar-refractivity contribution < 1.29 is 70.1 Å². The fourth-order valence-corrected chi connectivity index (χ4v) is 2.99. The fraction of sp³-hybridized carbons (Fsp3) is 0. The Morgan fingerprint density at radius 2 is 0.588 bits per heavy atom. The SMILES string of the molecule is [Ni+2].[O]=[Cr](=[O])([O-])[O][Cr](=[O])(=[O])[O-].c1ccncc1.c1ccncc1.c1ccncc1.c1ccncc1. The average molecular weight is 591 g/mol. The van der Waals surface area contributed by atoms with Crippen molar-refractivity contribution in [1.29, 1.82) is 0 Å². The molecule has 0 saturated heterocycles. The van der Waals surface area contributed by atoms with E-state index in [4.69, 9.17) is 0 Å². The van der Waals surface area contributed by atoms with Gasteiger partial charge >= 0.3 is 70.1 Å². The number of rotatable bonds is 2. The molecule has 4 aromatic rings. The van der Waals surface area contributed by atoms with Crippen LogP contribution in [0.4, 0.5) is 0 Å². The molecule has 4 heterocycles. The van der Waals surface area contributed by atoms with Gasteiger partial charge in [-0.3, -0.25) is 19.9 Å². The molecule has 0 amide bonds. The van der Waals surface area contributed by atoms with Crippen molar-refractivity contribution in [2.45, 2.75) is 0 Å². The smallest absolute Gasteiger partial charge is 0.0267 e. The summed E-state index contributed by atoms with van der Waals surface area (Å²) in [5, 5.41) is 0.